The zero-order valence-electron chi connectivity index (χ0n) is 70.9. The Hall–Kier alpha value is -12.8. The molecule has 5 aliphatic rings. The Morgan fingerprint density at radius 3 is 1.29 bits per heavy atom. The number of aromatic nitrogens is 12. The molecule has 0 aliphatic carbocycles. The largest absolute Gasteiger partial charge is 0.492 e. The van der Waals surface area contributed by atoms with E-state index in [0.717, 1.165) is 159 Å². The molecule has 122 heavy (non-hydrogen) atoms. The average molecular weight is 1640 g/mol. The van der Waals surface area contributed by atoms with E-state index in [2.05, 4.69) is 117 Å². The van der Waals surface area contributed by atoms with Crippen LogP contribution < -0.4 is 53.4 Å². The number of aryl methyl sites for hydroxylation is 8. The highest BCUT2D eigenvalue weighted by atomic mass is 16.5. The molecule has 12 aromatic heterocycles. The first-order valence-corrected chi connectivity index (χ1v) is 42.1. The fraction of sp³-hybridized carbons (Fsp3) is 0.347. The van der Waals surface area contributed by atoms with Crippen molar-refractivity contribution in [3.8, 4) is 50.8 Å². The topological polar surface area (TPSA) is 311 Å². The first-order chi connectivity index (χ1) is 58.6. The third-order valence-electron chi connectivity index (χ3n) is 23.8. The molecule has 0 amide bonds. The third kappa shape index (κ3) is 16.6. The number of ether oxygens (including phenoxy) is 1. The lowest BCUT2D eigenvalue weighted by Gasteiger charge is -2.47. The number of fused-ring (bicyclic) bond motifs is 8. The van der Waals surface area contributed by atoms with Gasteiger partial charge in [0, 0.05) is 150 Å². The number of nitrogens with two attached hydrogens (primary N) is 1. The van der Waals surface area contributed by atoms with Crippen LogP contribution in [0.4, 0.5) is 11.4 Å². The number of piperidine rings is 1. The van der Waals surface area contributed by atoms with Crippen LogP contribution in [-0.2, 0) is 0 Å². The van der Waals surface area contributed by atoms with Gasteiger partial charge in [0.2, 0.25) is 0 Å². The Labute approximate surface area is 703 Å². The molecule has 4 aromatic carbocycles. The van der Waals surface area contributed by atoms with E-state index in [9.17, 15) is 19.2 Å². The molecule has 4 fully saturated rings. The second kappa shape index (κ2) is 32.3. The van der Waals surface area contributed by atoms with Crippen molar-refractivity contribution < 1.29 is 22.4 Å². The Morgan fingerprint density at radius 1 is 0.451 bits per heavy atom. The van der Waals surface area contributed by atoms with E-state index < -0.39 is 5.63 Å². The summed E-state index contributed by atoms with van der Waals surface area (Å²) in [6.07, 6.45) is 25.6. The summed E-state index contributed by atoms with van der Waals surface area (Å²) in [6, 6.07) is 32.3. The van der Waals surface area contributed by atoms with Crippen LogP contribution in [0.25, 0.3) is 117 Å². The van der Waals surface area contributed by atoms with Crippen molar-refractivity contribution in [1.82, 2.24) is 73.0 Å². The van der Waals surface area contributed by atoms with Gasteiger partial charge in [0.25, 0.3) is 0 Å². The van der Waals surface area contributed by atoms with Gasteiger partial charge >= 0.3 is 22.5 Å². The fourth-order valence-electron chi connectivity index (χ4n) is 18.2. The van der Waals surface area contributed by atoms with Crippen LogP contribution in [0, 0.1) is 61.3 Å². The molecule has 4 N–H and O–H groups in total. The van der Waals surface area contributed by atoms with Gasteiger partial charge in [-0.2, -0.15) is 0 Å². The standard InChI is InChI=1S/C26H28N4O2.C25H27N5O2.C22H23N5O2.C22H22N4O3/c1-15-13-30-14-21(28-23(30)16(2)27-15)20-9-18-8-7-17(10-22(18)32-24(20)31)19-11-25(3,4)29-26(5,6)12-19;1-16-12-30-15-22(27-24(30)17(2)26-16)21-10-18-6-7-19(11-23(18)32-25(21)31)29-13-20(14-29)28-8-4-3-5-9-28;1-13-10-27-12-19(25-21(27)14(2)24-13)18-7-16-3-4-17(8-20(16)29-22(18)28)26-6-5-15(9-23)11-26;1-13-10-26-11-19(25-21(26)14(2)24-13)18-8-15-5-6-17(9-20(15)29-22(18)27)28-12-16-4-3-7-23-16/h7-11,13-14,29H,12H2,1-6H3;6-7,10-12,15,20H,3-5,8-9,13-14H2,1-2H3;3-4,7-8,10,12,15H,5-6,9,11,23H2,1-2H3;5-6,8-11,16,23H,3-4,7,12H2,1-2H3/t;;15-;16-/m..11/s1. The predicted molar refractivity (Wildman–Crippen MR) is 477 cm³/mol. The van der Waals surface area contributed by atoms with Gasteiger partial charge in [-0.1, -0.05) is 24.6 Å². The number of rotatable bonds is 12. The van der Waals surface area contributed by atoms with Gasteiger partial charge in [-0.3, -0.25) is 24.8 Å². The van der Waals surface area contributed by atoms with Crippen molar-refractivity contribution in [3.63, 3.8) is 0 Å². The molecule has 624 valence electrons. The minimum atomic E-state index is -0.419. The highest BCUT2D eigenvalue weighted by molar-refractivity contribution is 5.88. The molecular formula is C95H100N18O9. The number of imidazole rings is 4. The summed E-state index contributed by atoms with van der Waals surface area (Å²) in [5.41, 5.74) is 25.0. The molecule has 16 aromatic rings. The van der Waals surface area contributed by atoms with Crippen LogP contribution in [0.3, 0.4) is 0 Å². The monoisotopic (exact) mass is 1640 g/mol. The number of nitrogens with one attached hydrogen (secondary N) is 2. The number of anilines is 2. The molecule has 17 heterocycles. The maximum absolute atomic E-state index is 12.9. The van der Waals surface area contributed by atoms with Crippen LogP contribution in [0.2, 0.25) is 0 Å². The third-order valence-corrected chi connectivity index (χ3v) is 23.8. The van der Waals surface area contributed by atoms with E-state index in [-0.39, 0.29) is 28.0 Å². The van der Waals surface area contributed by atoms with E-state index in [4.69, 9.17) is 28.1 Å². The number of hydrogen-bond donors (Lipinski definition) is 3. The molecule has 0 bridgehead atoms. The molecule has 0 spiro atoms. The Balaban J connectivity index is 0.000000111. The summed E-state index contributed by atoms with van der Waals surface area (Å²) < 4.78 is 36.3. The molecule has 5 aliphatic heterocycles. The van der Waals surface area contributed by atoms with Gasteiger partial charge in [0.15, 0.2) is 22.6 Å². The van der Waals surface area contributed by atoms with Gasteiger partial charge in [0.1, 0.15) is 34.7 Å². The van der Waals surface area contributed by atoms with E-state index in [1.165, 1.54) is 44.3 Å². The van der Waals surface area contributed by atoms with E-state index in [1.54, 1.807) is 6.07 Å². The molecule has 2 atom stereocenters. The van der Waals surface area contributed by atoms with E-state index >= 15 is 0 Å². The van der Waals surface area contributed by atoms with Crippen LogP contribution in [0.1, 0.15) is 124 Å². The van der Waals surface area contributed by atoms with Gasteiger partial charge in [-0.25, -0.2) is 39.1 Å². The Bertz CT molecular complexity index is 7080. The number of benzene rings is 4. The van der Waals surface area contributed by atoms with Crippen LogP contribution in [0.15, 0.2) is 190 Å². The van der Waals surface area contributed by atoms with Gasteiger partial charge in [0.05, 0.1) is 90.6 Å². The maximum Gasteiger partial charge on any atom is 0.345 e. The molecule has 4 saturated heterocycles. The SMILES string of the molecule is Cc1cn2cc(-c3cc4ccc(C5=CC(C)(C)NC(C)(C)C5)cc4oc3=O)nc2c(C)n1.Cc1cn2cc(-c3cc4ccc(N5CC(N6CCCCC6)C5)cc4oc3=O)nc2c(C)n1.Cc1cn2cc(-c3cc4ccc(N5CC[C@H](CN)C5)cc4oc3=O)nc2c(C)n1.Cc1cn2cc(-c3cc4ccc(OC[C@H]5CCCN5)cc4oc3=O)nc2c(C)n1. The quantitative estimate of drug-likeness (QED) is 0.0957. The van der Waals surface area contributed by atoms with E-state index in [1.807, 2.05) is 195 Å². The minimum Gasteiger partial charge on any atom is -0.492 e. The summed E-state index contributed by atoms with van der Waals surface area (Å²) in [4.78, 5) is 94.7. The van der Waals surface area contributed by atoms with Crippen molar-refractivity contribution in [1.29, 1.82) is 0 Å². The Morgan fingerprint density at radius 2 is 0.869 bits per heavy atom. The summed E-state index contributed by atoms with van der Waals surface area (Å²) in [6.45, 7) is 33.0. The maximum atomic E-state index is 12.9. The van der Waals surface area contributed by atoms with Gasteiger partial charge in [-0.05, 0) is 232 Å². The normalized spacial score (nSPS) is 17.3. The van der Waals surface area contributed by atoms with Crippen molar-refractivity contribution in [2.75, 3.05) is 68.8 Å². The van der Waals surface area contributed by atoms with Crippen molar-refractivity contribution in [2.45, 2.75) is 151 Å². The van der Waals surface area contributed by atoms with Gasteiger partial charge in [-0.15, -0.1) is 0 Å². The zero-order valence-corrected chi connectivity index (χ0v) is 70.9. The molecule has 27 nitrogen and oxygen atoms in total. The summed E-state index contributed by atoms with van der Waals surface area (Å²) in [5, 5.41) is 10.5. The molecule has 27 heteroatoms. The zero-order chi connectivity index (χ0) is 84.7. The molecule has 0 saturated carbocycles. The van der Waals surface area contributed by atoms with E-state index in [0.29, 0.717) is 104 Å². The van der Waals surface area contributed by atoms with Crippen molar-refractivity contribution >= 4 is 83.4 Å². The molecule has 0 radical (unpaired) electrons. The first kappa shape index (κ1) is 80.3. The summed E-state index contributed by atoms with van der Waals surface area (Å²) in [5.74, 6) is 1.23. The first-order valence-electron chi connectivity index (χ1n) is 42.1. The smallest absolute Gasteiger partial charge is 0.345 e. The fourth-order valence-corrected chi connectivity index (χ4v) is 18.2. The Kier molecular flexibility index (Phi) is 21.2. The van der Waals surface area contributed by atoms with Crippen molar-refractivity contribution in [2.24, 2.45) is 11.7 Å². The lowest BCUT2D eigenvalue weighted by molar-refractivity contribution is 0.139. The number of likely N-dealkylation sites (tertiary alicyclic amines) is 1. The average Bonchev–Trinajstić information content (AvgIpc) is 1.01. The molecule has 21 rings (SSSR count). The number of hydrogen-bond acceptors (Lipinski definition) is 23. The lowest BCUT2D eigenvalue weighted by Crippen LogP contribution is -2.60. The molecular weight excluding hydrogens is 1540 g/mol. The molecule has 0 unspecified atom stereocenters. The van der Waals surface area contributed by atoms with Crippen LogP contribution >= 0.6 is 0 Å². The predicted octanol–water partition coefficient (Wildman–Crippen LogP) is 15.0. The summed E-state index contributed by atoms with van der Waals surface area (Å²) >= 11 is 0. The number of nitrogens with zero attached hydrogens (tertiary/aromatic N) is 15. The highest BCUT2D eigenvalue weighted by Gasteiger charge is 2.35. The summed E-state index contributed by atoms with van der Waals surface area (Å²) in [7, 11) is 0. The lowest BCUT2D eigenvalue weighted by atomic mass is 9.81. The second-order valence-electron chi connectivity index (χ2n) is 34.7. The minimum absolute atomic E-state index is 0.0122. The second-order valence-corrected chi connectivity index (χ2v) is 34.7. The van der Waals surface area contributed by atoms with Gasteiger partial charge < -0.3 is 66.2 Å². The van der Waals surface area contributed by atoms with Crippen LogP contribution in [-0.4, -0.2) is 145 Å². The van der Waals surface area contributed by atoms with Crippen LogP contribution in [0.5, 0.6) is 5.75 Å². The van der Waals surface area contributed by atoms with Crippen molar-refractivity contribution in [3.05, 3.63) is 246 Å². The highest BCUT2D eigenvalue weighted by Crippen LogP contribution is 2.38.